The Morgan fingerprint density at radius 1 is 1.24 bits per heavy atom. The molecule has 6 heteroatoms. The summed E-state index contributed by atoms with van der Waals surface area (Å²) in [6, 6.07) is 9.85. The topological polar surface area (TPSA) is 45.7 Å². The Balaban J connectivity index is 1.65. The van der Waals surface area contributed by atoms with Gasteiger partial charge in [0.05, 0.1) is 12.7 Å². The maximum absolute atomic E-state index is 12.8. The van der Waals surface area contributed by atoms with Gasteiger partial charge in [0.1, 0.15) is 5.75 Å². The molecule has 1 saturated heterocycles. The van der Waals surface area contributed by atoms with Gasteiger partial charge in [-0.1, -0.05) is 6.07 Å². The van der Waals surface area contributed by atoms with Crippen LogP contribution in [-0.4, -0.2) is 54.0 Å². The Morgan fingerprint density at radius 2 is 2.00 bits per heavy atom. The van der Waals surface area contributed by atoms with E-state index in [1.807, 2.05) is 29.3 Å². The minimum absolute atomic E-state index is 0.0412. The van der Waals surface area contributed by atoms with Crippen molar-refractivity contribution in [2.24, 2.45) is 0 Å². The Hall–Kier alpha value is -1.92. The van der Waals surface area contributed by atoms with E-state index >= 15 is 0 Å². The summed E-state index contributed by atoms with van der Waals surface area (Å²) in [5.74, 6) is 0.731. The lowest BCUT2D eigenvalue weighted by molar-refractivity contribution is 0.0580. The molecule has 25 heavy (non-hydrogen) atoms. The molecule has 2 aromatic rings. The number of amides is 1. The molecular weight excluding hydrogens is 382 g/mol. The van der Waals surface area contributed by atoms with Crippen molar-refractivity contribution in [3.63, 3.8) is 0 Å². The second-order valence-corrected chi connectivity index (χ2v) is 6.99. The molecule has 1 atom stereocenters. The number of nitrogens with zero attached hydrogens (tertiary/aromatic N) is 3. The molecule has 0 N–H and O–H groups in total. The van der Waals surface area contributed by atoms with Gasteiger partial charge in [0.25, 0.3) is 5.91 Å². The van der Waals surface area contributed by atoms with Gasteiger partial charge in [-0.05, 0) is 52.7 Å². The van der Waals surface area contributed by atoms with Crippen molar-refractivity contribution in [3.8, 4) is 5.75 Å². The van der Waals surface area contributed by atoms with Crippen LogP contribution < -0.4 is 4.74 Å². The van der Waals surface area contributed by atoms with Gasteiger partial charge in [-0.25, -0.2) is 0 Å². The largest absolute Gasteiger partial charge is 0.497 e. The van der Waals surface area contributed by atoms with Gasteiger partial charge in [0.2, 0.25) is 0 Å². The number of pyridine rings is 1. The van der Waals surface area contributed by atoms with Gasteiger partial charge in [-0.15, -0.1) is 0 Å². The summed E-state index contributed by atoms with van der Waals surface area (Å²) in [5, 5.41) is 0. The molecule has 0 aliphatic carbocycles. The van der Waals surface area contributed by atoms with E-state index in [4.69, 9.17) is 4.74 Å². The lowest BCUT2D eigenvalue weighted by Gasteiger charge is -2.38. The van der Waals surface area contributed by atoms with Crippen LogP contribution in [0.1, 0.15) is 28.9 Å². The summed E-state index contributed by atoms with van der Waals surface area (Å²) < 4.78 is 6.03. The number of carbonyl (C=O) groups is 1. The zero-order valence-corrected chi connectivity index (χ0v) is 16.1. The number of aromatic nitrogens is 1. The Labute approximate surface area is 156 Å². The number of hydrogen-bond acceptors (Lipinski definition) is 4. The van der Waals surface area contributed by atoms with Gasteiger partial charge in [0.15, 0.2) is 0 Å². The van der Waals surface area contributed by atoms with Crippen molar-refractivity contribution in [2.75, 3.05) is 33.3 Å². The second kappa shape index (κ2) is 7.97. The molecule has 0 saturated carbocycles. The summed E-state index contributed by atoms with van der Waals surface area (Å²) >= 11 is 3.47. The van der Waals surface area contributed by atoms with Crippen molar-refractivity contribution in [1.29, 1.82) is 0 Å². The quantitative estimate of drug-likeness (QED) is 0.784. The normalized spacial score (nSPS) is 16.5. The lowest BCUT2D eigenvalue weighted by atomic mass is 10.1. The van der Waals surface area contributed by atoms with E-state index in [1.54, 1.807) is 19.4 Å². The first kappa shape index (κ1) is 17.9. The van der Waals surface area contributed by atoms with Gasteiger partial charge in [0, 0.05) is 49.1 Å². The lowest BCUT2D eigenvalue weighted by Crippen LogP contribution is -2.49. The van der Waals surface area contributed by atoms with Crippen molar-refractivity contribution >= 4 is 21.8 Å². The molecule has 1 aliphatic heterocycles. The molecule has 0 spiro atoms. The summed E-state index contributed by atoms with van der Waals surface area (Å²) in [6.07, 6.45) is 3.70. The van der Waals surface area contributed by atoms with E-state index < -0.39 is 0 Å². The molecule has 5 nitrogen and oxygen atoms in total. The fourth-order valence-corrected chi connectivity index (χ4v) is 3.53. The Kier molecular flexibility index (Phi) is 5.71. The van der Waals surface area contributed by atoms with Crippen molar-refractivity contribution in [1.82, 2.24) is 14.8 Å². The third-order valence-electron chi connectivity index (χ3n) is 4.72. The van der Waals surface area contributed by atoms with Gasteiger partial charge in [-0.3, -0.25) is 14.7 Å². The van der Waals surface area contributed by atoms with Crippen LogP contribution >= 0.6 is 15.9 Å². The third-order valence-corrected chi connectivity index (χ3v) is 5.41. The maximum Gasteiger partial charge on any atom is 0.255 e. The monoisotopic (exact) mass is 403 g/mol. The number of rotatable bonds is 4. The number of hydrogen-bond donors (Lipinski definition) is 0. The van der Waals surface area contributed by atoms with E-state index in [-0.39, 0.29) is 5.91 Å². The predicted molar refractivity (Wildman–Crippen MR) is 101 cm³/mol. The number of piperazine rings is 1. The smallest absolute Gasteiger partial charge is 0.255 e. The van der Waals surface area contributed by atoms with Crippen LogP contribution in [0.4, 0.5) is 0 Å². The van der Waals surface area contributed by atoms with E-state index in [1.165, 1.54) is 5.56 Å². The number of benzene rings is 1. The zero-order valence-electron chi connectivity index (χ0n) is 14.5. The molecule has 1 fully saturated rings. The second-order valence-electron chi connectivity index (χ2n) is 6.14. The molecule has 1 aromatic carbocycles. The Morgan fingerprint density at radius 3 is 2.64 bits per heavy atom. The summed E-state index contributed by atoms with van der Waals surface area (Å²) in [7, 11) is 1.61. The van der Waals surface area contributed by atoms with Gasteiger partial charge in [-0.2, -0.15) is 0 Å². The van der Waals surface area contributed by atoms with Crippen LogP contribution in [0.3, 0.4) is 0 Å². The standard InChI is InChI=1S/C19H22BrN3O2/c1-14(15-4-3-7-21-13-15)22-8-10-23(11-9-22)19(24)17-12-16(25-2)5-6-18(17)20/h3-7,12-14H,8-11H2,1-2H3. The first-order chi connectivity index (χ1) is 12.1. The van der Waals surface area contributed by atoms with E-state index in [0.717, 1.165) is 17.6 Å². The first-order valence-electron chi connectivity index (χ1n) is 8.37. The van der Waals surface area contributed by atoms with Crippen LogP contribution in [0, 0.1) is 0 Å². The molecule has 0 radical (unpaired) electrons. The molecule has 3 rings (SSSR count). The SMILES string of the molecule is COc1ccc(Br)c(C(=O)N2CCN(C(C)c3cccnc3)CC2)c1. The molecule has 2 heterocycles. The fourth-order valence-electron chi connectivity index (χ4n) is 3.11. The minimum Gasteiger partial charge on any atom is -0.497 e. The highest BCUT2D eigenvalue weighted by atomic mass is 79.9. The minimum atomic E-state index is 0.0412. The zero-order chi connectivity index (χ0) is 17.8. The molecule has 132 valence electrons. The van der Waals surface area contributed by atoms with Crippen LogP contribution in [0.15, 0.2) is 47.2 Å². The number of halogens is 1. The van der Waals surface area contributed by atoms with E-state index in [0.29, 0.717) is 30.4 Å². The average Bonchev–Trinajstić information content (AvgIpc) is 2.68. The van der Waals surface area contributed by atoms with Crippen LogP contribution in [0.2, 0.25) is 0 Å². The highest BCUT2D eigenvalue weighted by molar-refractivity contribution is 9.10. The molecule has 1 aromatic heterocycles. The first-order valence-corrected chi connectivity index (χ1v) is 9.16. The van der Waals surface area contributed by atoms with Crippen molar-refractivity contribution < 1.29 is 9.53 Å². The molecule has 0 bridgehead atoms. The molecule has 1 aliphatic rings. The highest BCUT2D eigenvalue weighted by Gasteiger charge is 2.26. The molecule has 1 amide bonds. The third kappa shape index (κ3) is 4.02. The van der Waals surface area contributed by atoms with Crippen LogP contribution in [-0.2, 0) is 0 Å². The van der Waals surface area contributed by atoms with E-state index in [9.17, 15) is 4.79 Å². The number of carbonyl (C=O) groups excluding carboxylic acids is 1. The van der Waals surface area contributed by atoms with Gasteiger partial charge < -0.3 is 9.64 Å². The predicted octanol–water partition coefficient (Wildman–Crippen LogP) is 3.37. The van der Waals surface area contributed by atoms with Gasteiger partial charge >= 0.3 is 0 Å². The number of methoxy groups -OCH3 is 1. The average molecular weight is 404 g/mol. The van der Waals surface area contributed by atoms with E-state index in [2.05, 4.69) is 38.8 Å². The van der Waals surface area contributed by atoms with Crippen molar-refractivity contribution in [2.45, 2.75) is 13.0 Å². The van der Waals surface area contributed by atoms with Crippen molar-refractivity contribution in [3.05, 3.63) is 58.3 Å². The maximum atomic E-state index is 12.8. The number of ether oxygens (including phenoxy) is 1. The highest BCUT2D eigenvalue weighted by Crippen LogP contribution is 2.25. The summed E-state index contributed by atoms with van der Waals surface area (Å²) in [4.78, 5) is 21.3. The van der Waals surface area contributed by atoms with Crippen LogP contribution in [0.5, 0.6) is 5.75 Å². The molecular formula is C19H22BrN3O2. The molecule has 1 unspecified atom stereocenters. The summed E-state index contributed by atoms with van der Waals surface area (Å²) in [5.41, 5.74) is 1.85. The van der Waals surface area contributed by atoms with Crippen LogP contribution in [0.25, 0.3) is 0 Å². The Bertz CT molecular complexity index is 731. The summed E-state index contributed by atoms with van der Waals surface area (Å²) in [6.45, 7) is 5.32. The fraction of sp³-hybridized carbons (Fsp3) is 0.368.